The Morgan fingerprint density at radius 3 is 2.62 bits per heavy atom. The van der Waals surface area contributed by atoms with E-state index in [1.165, 1.54) is 6.07 Å². The van der Waals surface area contributed by atoms with Crippen LogP contribution in [-0.4, -0.2) is 13.0 Å². The first-order valence-electron chi connectivity index (χ1n) is 3.56. The Balaban J connectivity index is 2.70. The quantitative estimate of drug-likeness (QED) is 0.828. The third-order valence-corrected chi connectivity index (χ3v) is 1.94. The average molecular weight is 226 g/mol. The van der Waals surface area contributed by atoms with Crippen LogP contribution in [-0.2, 0) is 0 Å². The lowest BCUT2D eigenvalue weighted by molar-refractivity contribution is 0.163. The summed E-state index contributed by atoms with van der Waals surface area (Å²) in [5.74, 6) is 0. The topological polar surface area (TPSA) is 12.0 Å². The van der Waals surface area contributed by atoms with Crippen LogP contribution < -0.4 is 5.32 Å². The fourth-order valence-corrected chi connectivity index (χ4v) is 1.18. The van der Waals surface area contributed by atoms with Gasteiger partial charge in [-0.2, -0.15) is 0 Å². The maximum Gasteiger partial charge on any atom is 0.255 e. The summed E-state index contributed by atoms with van der Waals surface area (Å²) in [6.07, 6.45) is -2.41. The molecule has 5 heteroatoms. The zero-order chi connectivity index (χ0) is 9.84. The molecule has 72 valence electrons. The molecule has 0 aliphatic heterocycles. The Labute approximate surface area is 84.6 Å². The lowest BCUT2D eigenvalue weighted by atomic mass is 10.3. The summed E-state index contributed by atoms with van der Waals surface area (Å²) in [5.41, 5.74) is 0.425. The van der Waals surface area contributed by atoms with Gasteiger partial charge in [0.25, 0.3) is 6.43 Å². The van der Waals surface area contributed by atoms with Gasteiger partial charge in [-0.1, -0.05) is 23.2 Å². The molecule has 1 nitrogen and oxygen atoms in total. The van der Waals surface area contributed by atoms with E-state index in [4.69, 9.17) is 23.2 Å². The molecule has 1 aromatic rings. The van der Waals surface area contributed by atoms with E-state index < -0.39 is 13.0 Å². The maximum absolute atomic E-state index is 11.8. The monoisotopic (exact) mass is 225 g/mol. The molecule has 0 aromatic heterocycles. The standard InChI is InChI=1S/C8H7Cl2F2N/c9-5-1-2-6(10)7(3-5)13-4-8(11)12/h1-3,8,13H,4H2. The molecule has 1 rings (SSSR count). The molecule has 0 unspecified atom stereocenters. The van der Waals surface area contributed by atoms with Gasteiger partial charge in [-0.05, 0) is 18.2 Å². The van der Waals surface area contributed by atoms with Gasteiger partial charge in [-0.25, -0.2) is 8.78 Å². The Kier molecular flexibility index (Phi) is 3.75. The molecule has 0 bridgehead atoms. The van der Waals surface area contributed by atoms with Gasteiger partial charge >= 0.3 is 0 Å². The van der Waals surface area contributed by atoms with Crippen molar-refractivity contribution in [3.63, 3.8) is 0 Å². The van der Waals surface area contributed by atoms with Gasteiger partial charge in [0, 0.05) is 5.02 Å². The van der Waals surface area contributed by atoms with Crippen molar-refractivity contribution in [1.29, 1.82) is 0 Å². The van der Waals surface area contributed by atoms with Crippen LogP contribution in [0.1, 0.15) is 0 Å². The van der Waals surface area contributed by atoms with Gasteiger partial charge in [0.15, 0.2) is 0 Å². The number of alkyl halides is 2. The van der Waals surface area contributed by atoms with E-state index in [1.54, 1.807) is 12.1 Å². The summed E-state index contributed by atoms with van der Waals surface area (Å²) in [5, 5.41) is 3.33. The normalized spacial score (nSPS) is 10.5. The molecule has 1 aromatic carbocycles. The van der Waals surface area contributed by atoms with Gasteiger partial charge in [-0.3, -0.25) is 0 Å². The van der Waals surface area contributed by atoms with Gasteiger partial charge in [0.2, 0.25) is 0 Å². The highest BCUT2D eigenvalue weighted by atomic mass is 35.5. The van der Waals surface area contributed by atoms with E-state index in [-0.39, 0.29) is 0 Å². The number of hydrogen-bond donors (Lipinski definition) is 1. The van der Waals surface area contributed by atoms with E-state index >= 15 is 0 Å². The van der Waals surface area contributed by atoms with Crippen LogP contribution in [0.2, 0.25) is 10.0 Å². The van der Waals surface area contributed by atoms with Crippen molar-refractivity contribution >= 4 is 28.9 Å². The third-order valence-electron chi connectivity index (χ3n) is 1.38. The second-order valence-corrected chi connectivity index (χ2v) is 3.24. The van der Waals surface area contributed by atoms with E-state index in [0.29, 0.717) is 15.7 Å². The Bertz CT molecular complexity index is 291. The van der Waals surface area contributed by atoms with Crippen molar-refractivity contribution in [2.75, 3.05) is 11.9 Å². The molecule has 0 aliphatic rings. The first-order chi connectivity index (χ1) is 6.09. The van der Waals surface area contributed by atoms with Gasteiger partial charge < -0.3 is 5.32 Å². The average Bonchev–Trinajstić information content (AvgIpc) is 2.06. The highest BCUT2D eigenvalue weighted by Crippen LogP contribution is 2.25. The zero-order valence-electron chi connectivity index (χ0n) is 6.53. The molecular formula is C8H7Cl2F2N. The second kappa shape index (κ2) is 4.63. The van der Waals surface area contributed by atoms with Crippen LogP contribution in [0.5, 0.6) is 0 Å². The fraction of sp³-hybridized carbons (Fsp3) is 0.250. The predicted molar refractivity (Wildman–Crippen MR) is 51.0 cm³/mol. The first kappa shape index (κ1) is 10.5. The van der Waals surface area contributed by atoms with Crippen molar-refractivity contribution in [3.8, 4) is 0 Å². The molecule has 1 N–H and O–H groups in total. The van der Waals surface area contributed by atoms with Crippen LogP contribution in [0, 0.1) is 0 Å². The van der Waals surface area contributed by atoms with E-state index in [2.05, 4.69) is 5.32 Å². The highest BCUT2D eigenvalue weighted by molar-refractivity contribution is 6.35. The Hall–Kier alpha value is -0.540. The molecule has 0 spiro atoms. The summed E-state index contributed by atoms with van der Waals surface area (Å²) in [6, 6.07) is 4.65. The van der Waals surface area contributed by atoms with Crippen molar-refractivity contribution in [2.45, 2.75) is 6.43 Å². The lowest BCUT2D eigenvalue weighted by Crippen LogP contribution is -2.10. The lowest BCUT2D eigenvalue weighted by Gasteiger charge is -2.07. The largest absolute Gasteiger partial charge is 0.378 e. The van der Waals surface area contributed by atoms with Crippen LogP contribution in [0.4, 0.5) is 14.5 Å². The molecule has 0 amide bonds. The fourth-order valence-electron chi connectivity index (χ4n) is 0.820. The van der Waals surface area contributed by atoms with Gasteiger partial charge in [-0.15, -0.1) is 0 Å². The van der Waals surface area contributed by atoms with Crippen LogP contribution in [0.15, 0.2) is 18.2 Å². The summed E-state index contributed by atoms with van der Waals surface area (Å²) in [7, 11) is 0. The summed E-state index contributed by atoms with van der Waals surface area (Å²) in [6.45, 7) is -0.430. The number of rotatable bonds is 3. The molecular weight excluding hydrogens is 219 g/mol. The smallest absolute Gasteiger partial charge is 0.255 e. The van der Waals surface area contributed by atoms with Gasteiger partial charge in [0.1, 0.15) is 0 Å². The molecule has 0 fully saturated rings. The molecule has 13 heavy (non-hydrogen) atoms. The predicted octanol–water partition coefficient (Wildman–Crippen LogP) is 3.67. The van der Waals surface area contributed by atoms with Gasteiger partial charge in [0.05, 0.1) is 17.3 Å². The zero-order valence-corrected chi connectivity index (χ0v) is 8.04. The van der Waals surface area contributed by atoms with Crippen molar-refractivity contribution in [1.82, 2.24) is 0 Å². The number of anilines is 1. The molecule has 0 saturated carbocycles. The SMILES string of the molecule is FC(F)CNc1cc(Cl)ccc1Cl. The molecule has 0 aliphatic carbocycles. The van der Waals surface area contributed by atoms with Crippen molar-refractivity contribution in [3.05, 3.63) is 28.2 Å². The minimum absolute atomic E-state index is 0.380. The maximum atomic E-state index is 11.8. The number of hydrogen-bond acceptors (Lipinski definition) is 1. The van der Waals surface area contributed by atoms with Crippen LogP contribution in [0.3, 0.4) is 0 Å². The number of halogens is 4. The molecule has 0 atom stereocenters. The Morgan fingerprint density at radius 1 is 1.31 bits per heavy atom. The Morgan fingerprint density at radius 2 is 2.00 bits per heavy atom. The summed E-state index contributed by atoms with van der Waals surface area (Å²) in [4.78, 5) is 0. The summed E-state index contributed by atoms with van der Waals surface area (Å²) < 4.78 is 23.6. The van der Waals surface area contributed by atoms with E-state index in [0.717, 1.165) is 0 Å². The van der Waals surface area contributed by atoms with Crippen LogP contribution in [0.25, 0.3) is 0 Å². The van der Waals surface area contributed by atoms with E-state index in [1.807, 2.05) is 0 Å². The van der Waals surface area contributed by atoms with E-state index in [9.17, 15) is 8.78 Å². The highest BCUT2D eigenvalue weighted by Gasteiger charge is 2.04. The number of nitrogens with one attached hydrogen (secondary N) is 1. The minimum Gasteiger partial charge on any atom is -0.378 e. The minimum atomic E-state index is -2.41. The molecule has 0 saturated heterocycles. The number of benzene rings is 1. The van der Waals surface area contributed by atoms with Crippen molar-refractivity contribution < 1.29 is 8.78 Å². The molecule has 0 radical (unpaired) electrons. The molecule has 0 heterocycles. The third kappa shape index (κ3) is 3.36. The second-order valence-electron chi connectivity index (χ2n) is 2.40. The first-order valence-corrected chi connectivity index (χ1v) is 4.32. The van der Waals surface area contributed by atoms with Crippen LogP contribution >= 0.6 is 23.2 Å². The summed E-state index contributed by atoms with van der Waals surface area (Å²) >= 11 is 11.4. The van der Waals surface area contributed by atoms with Crippen molar-refractivity contribution in [2.24, 2.45) is 0 Å².